The summed E-state index contributed by atoms with van der Waals surface area (Å²) in [6.45, 7) is 0.908. The third-order valence-corrected chi connectivity index (χ3v) is 11.6. The molecule has 5 atom stereocenters. The summed E-state index contributed by atoms with van der Waals surface area (Å²) in [5.74, 6) is -0.687. The largest absolute Gasteiger partial charge is 0.482 e. The Labute approximate surface area is 354 Å². The van der Waals surface area contributed by atoms with Crippen LogP contribution in [0.1, 0.15) is 44.4 Å². The van der Waals surface area contributed by atoms with Gasteiger partial charge in [0.2, 0.25) is 0 Å². The Morgan fingerprint density at radius 3 is 1.68 bits per heavy atom. The van der Waals surface area contributed by atoms with Crippen LogP contribution in [0.4, 0.5) is 0 Å². The molecule has 2 heterocycles. The van der Waals surface area contributed by atoms with Gasteiger partial charge in [0.1, 0.15) is 36.3 Å². The van der Waals surface area contributed by atoms with Crippen LogP contribution in [0.2, 0.25) is 0 Å². The van der Waals surface area contributed by atoms with E-state index in [-0.39, 0.29) is 13.2 Å². The van der Waals surface area contributed by atoms with E-state index in [1.54, 1.807) is 11.3 Å². The second kappa shape index (κ2) is 20.5. The number of ether oxygens (including phenoxy) is 6. The molecule has 0 aliphatic carbocycles. The van der Waals surface area contributed by atoms with E-state index in [4.69, 9.17) is 28.4 Å². The van der Waals surface area contributed by atoms with E-state index < -0.39 is 43.1 Å². The van der Waals surface area contributed by atoms with Gasteiger partial charge in [-0.3, -0.25) is 0 Å². The number of carboxylic acid groups (broad SMARTS) is 1. The lowest BCUT2D eigenvalue weighted by atomic mass is 9.89. The highest BCUT2D eigenvalue weighted by Gasteiger charge is 2.49. The number of aliphatic carboxylic acids is 1. The van der Waals surface area contributed by atoms with Gasteiger partial charge in [0.25, 0.3) is 0 Å². The molecule has 1 fully saturated rings. The normalized spacial score (nSPS) is 19.0. The van der Waals surface area contributed by atoms with Gasteiger partial charge in [0.05, 0.1) is 33.0 Å². The van der Waals surface area contributed by atoms with E-state index in [1.807, 2.05) is 133 Å². The summed E-state index contributed by atoms with van der Waals surface area (Å²) in [6.07, 6.45) is -2.77. The highest BCUT2D eigenvalue weighted by molar-refractivity contribution is 7.19. The number of fused-ring (bicyclic) bond motifs is 1. The zero-order chi connectivity index (χ0) is 40.9. The first kappa shape index (κ1) is 41.1. The van der Waals surface area contributed by atoms with E-state index in [0.717, 1.165) is 27.8 Å². The maximum Gasteiger partial charge on any atom is 0.341 e. The number of carbonyl (C=O) groups is 1. The van der Waals surface area contributed by atoms with Gasteiger partial charge >= 0.3 is 5.97 Å². The fourth-order valence-electron chi connectivity index (χ4n) is 7.57. The molecule has 60 heavy (non-hydrogen) atoms. The summed E-state index contributed by atoms with van der Waals surface area (Å²) in [6, 6.07) is 56.6. The summed E-state index contributed by atoms with van der Waals surface area (Å²) in [5.41, 5.74) is 5.70. The van der Waals surface area contributed by atoms with Crippen molar-refractivity contribution in [3.8, 4) is 5.75 Å². The monoisotopic (exact) mass is 820 g/mol. The maximum atomic E-state index is 11.9. The standard InChI is InChI=1S/C51H48O8S/c52-47(53)35-55-44-26-25-40(27-42-29-41-23-13-14-24-46(41)60-42)28-43(44)48-50(57-32-38-19-9-3-10-20-38)51(58-33-39-21-11-4-12-22-39)49(56-31-37-17-7-2-8-18-37)45(59-48)34-54-30-36-15-5-1-6-16-36/h1-26,28-29,45,48-51H,27,30-35H2,(H,52,53)/t45-,48+,49-,50+,51+/m1/s1. The van der Waals surface area contributed by atoms with Crippen molar-refractivity contribution in [3.63, 3.8) is 0 Å². The number of benzene rings is 6. The quantitative estimate of drug-likeness (QED) is 0.0862. The first-order valence-electron chi connectivity index (χ1n) is 20.2. The summed E-state index contributed by atoms with van der Waals surface area (Å²) in [4.78, 5) is 13.1. The molecule has 1 aromatic heterocycles. The van der Waals surface area contributed by atoms with Gasteiger partial charge in [-0.15, -0.1) is 11.3 Å². The second-order valence-electron chi connectivity index (χ2n) is 14.9. The Bertz CT molecular complexity index is 2360. The van der Waals surface area contributed by atoms with E-state index in [1.165, 1.54) is 15.0 Å². The van der Waals surface area contributed by atoms with Crippen LogP contribution in [0.3, 0.4) is 0 Å². The van der Waals surface area contributed by atoms with Gasteiger partial charge in [0, 0.05) is 21.6 Å². The van der Waals surface area contributed by atoms with Crippen LogP contribution < -0.4 is 4.74 Å². The van der Waals surface area contributed by atoms with Crippen LogP contribution in [-0.2, 0) is 61.3 Å². The van der Waals surface area contributed by atoms with Crippen molar-refractivity contribution in [2.45, 2.75) is 63.4 Å². The Morgan fingerprint density at radius 2 is 1.10 bits per heavy atom. The van der Waals surface area contributed by atoms with Crippen molar-refractivity contribution in [2.75, 3.05) is 13.2 Å². The van der Waals surface area contributed by atoms with E-state index in [2.05, 4.69) is 36.4 Å². The van der Waals surface area contributed by atoms with Gasteiger partial charge in [-0.2, -0.15) is 0 Å². The van der Waals surface area contributed by atoms with Crippen molar-refractivity contribution < 1.29 is 38.3 Å². The molecule has 6 aromatic carbocycles. The van der Waals surface area contributed by atoms with Gasteiger partial charge in [-0.25, -0.2) is 4.79 Å². The summed E-state index contributed by atoms with van der Waals surface area (Å²) in [7, 11) is 0. The molecular weight excluding hydrogens is 773 g/mol. The topological polar surface area (TPSA) is 92.7 Å². The molecule has 0 bridgehead atoms. The van der Waals surface area contributed by atoms with Crippen molar-refractivity contribution in [3.05, 3.63) is 208 Å². The van der Waals surface area contributed by atoms with Crippen LogP contribution in [0.15, 0.2) is 170 Å². The van der Waals surface area contributed by atoms with Crippen LogP contribution in [-0.4, -0.2) is 48.7 Å². The van der Waals surface area contributed by atoms with Gasteiger partial charge in [-0.1, -0.05) is 146 Å². The first-order chi connectivity index (χ1) is 29.6. The van der Waals surface area contributed by atoms with Crippen LogP contribution in [0.25, 0.3) is 10.1 Å². The second-order valence-corrected chi connectivity index (χ2v) is 16.0. The molecule has 1 saturated heterocycles. The van der Waals surface area contributed by atoms with Gasteiger partial charge < -0.3 is 33.5 Å². The lowest BCUT2D eigenvalue weighted by molar-refractivity contribution is -0.275. The summed E-state index contributed by atoms with van der Waals surface area (Å²) in [5, 5.41) is 11.0. The molecule has 0 unspecified atom stereocenters. The van der Waals surface area contributed by atoms with Crippen LogP contribution in [0.5, 0.6) is 5.75 Å². The van der Waals surface area contributed by atoms with E-state index in [0.29, 0.717) is 37.6 Å². The molecule has 1 aliphatic rings. The highest BCUT2D eigenvalue weighted by Crippen LogP contribution is 2.42. The predicted molar refractivity (Wildman–Crippen MR) is 233 cm³/mol. The Kier molecular flexibility index (Phi) is 14.1. The molecule has 8 nitrogen and oxygen atoms in total. The Balaban J connectivity index is 1.21. The molecule has 8 rings (SSSR count). The molecule has 9 heteroatoms. The lowest BCUT2D eigenvalue weighted by Crippen LogP contribution is -2.58. The Hall–Kier alpha value is -5.65. The average Bonchev–Trinajstić information content (AvgIpc) is 3.70. The van der Waals surface area contributed by atoms with Crippen molar-refractivity contribution in [2.24, 2.45) is 0 Å². The van der Waals surface area contributed by atoms with Gasteiger partial charge in [0.15, 0.2) is 6.61 Å². The van der Waals surface area contributed by atoms with Crippen molar-refractivity contribution in [1.29, 1.82) is 0 Å². The molecule has 0 spiro atoms. The molecule has 1 aliphatic heterocycles. The minimum atomic E-state index is -1.08. The summed E-state index contributed by atoms with van der Waals surface area (Å²) >= 11 is 1.76. The van der Waals surface area contributed by atoms with Crippen molar-refractivity contribution in [1.82, 2.24) is 0 Å². The average molecular weight is 821 g/mol. The number of carboxylic acids is 1. The zero-order valence-electron chi connectivity index (χ0n) is 33.2. The van der Waals surface area contributed by atoms with E-state index >= 15 is 0 Å². The van der Waals surface area contributed by atoms with Crippen LogP contribution in [0, 0.1) is 0 Å². The zero-order valence-corrected chi connectivity index (χ0v) is 34.0. The molecule has 0 saturated carbocycles. The lowest BCUT2D eigenvalue weighted by Gasteiger charge is -2.46. The first-order valence-corrected chi connectivity index (χ1v) is 21.1. The fraction of sp³-hybridized carbons (Fsp3) is 0.235. The van der Waals surface area contributed by atoms with E-state index in [9.17, 15) is 9.90 Å². The molecule has 7 aromatic rings. The third-order valence-electron chi connectivity index (χ3n) is 10.5. The molecule has 0 radical (unpaired) electrons. The number of hydrogen-bond donors (Lipinski definition) is 1. The predicted octanol–water partition coefficient (Wildman–Crippen LogP) is 10.4. The third kappa shape index (κ3) is 10.9. The maximum absolute atomic E-state index is 11.9. The SMILES string of the molecule is O=C(O)COc1ccc(Cc2cc3ccccc3s2)cc1[C@@H]1O[C@H](COCc2ccccc2)[C@@H](OCc2ccccc2)[C@H](OCc2ccccc2)[C@H]1OCc1ccccc1. The fourth-order valence-corrected chi connectivity index (χ4v) is 8.66. The number of hydrogen-bond acceptors (Lipinski definition) is 8. The summed E-state index contributed by atoms with van der Waals surface area (Å²) < 4.78 is 41.8. The number of rotatable bonds is 19. The van der Waals surface area contributed by atoms with Gasteiger partial charge in [-0.05, 0) is 57.5 Å². The molecule has 1 N–H and O–H groups in total. The smallest absolute Gasteiger partial charge is 0.341 e. The van der Waals surface area contributed by atoms with Crippen LogP contribution >= 0.6 is 11.3 Å². The molecule has 0 amide bonds. The Morgan fingerprint density at radius 1 is 0.567 bits per heavy atom. The minimum absolute atomic E-state index is 0.189. The highest BCUT2D eigenvalue weighted by atomic mass is 32.1. The van der Waals surface area contributed by atoms with Crippen molar-refractivity contribution >= 4 is 27.4 Å². The minimum Gasteiger partial charge on any atom is -0.482 e. The number of thiophene rings is 1. The molecular formula is C51H48O8S. The molecule has 306 valence electrons.